The molecule has 4 heteroatoms. The first-order chi connectivity index (χ1) is 10.4. The number of Topliss-reactive ketones (excluding diaryl/α,β-unsaturated/α-hetero) is 1. The Kier molecular flexibility index (Phi) is 3.58. The van der Waals surface area contributed by atoms with E-state index in [1.165, 1.54) is 12.1 Å². The van der Waals surface area contributed by atoms with Gasteiger partial charge in [-0.25, -0.2) is 4.39 Å². The van der Waals surface area contributed by atoms with Gasteiger partial charge in [-0.1, -0.05) is 31.4 Å². The third-order valence-corrected chi connectivity index (χ3v) is 5.18. The summed E-state index contributed by atoms with van der Waals surface area (Å²) in [6, 6.07) is 5.94. The molecule has 1 atom stereocenters. The molecule has 1 heterocycles. The van der Waals surface area contributed by atoms with Crippen LogP contribution >= 0.6 is 0 Å². The van der Waals surface area contributed by atoms with Crippen molar-refractivity contribution in [1.82, 2.24) is 0 Å². The van der Waals surface area contributed by atoms with Gasteiger partial charge < -0.3 is 4.74 Å². The number of rotatable bonds is 1. The van der Waals surface area contributed by atoms with Crippen LogP contribution in [0.25, 0.3) is 0 Å². The van der Waals surface area contributed by atoms with E-state index in [2.05, 4.69) is 0 Å². The van der Waals surface area contributed by atoms with Crippen molar-refractivity contribution in [2.45, 2.75) is 52.1 Å². The van der Waals surface area contributed by atoms with Crippen LogP contribution in [0.2, 0.25) is 0 Å². The Hall–Kier alpha value is -1.71. The average molecular weight is 304 g/mol. The zero-order valence-electron chi connectivity index (χ0n) is 13.0. The number of benzene rings is 1. The van der Waals surface area contributed by atoms with Crippen LogP contribution in [0.3, 0.4) is 0 Å². The van der Waals surface area contributed by atoms with Crippen molar-refractivity contribution in [2.24, 2.45) is 10.8 Å². The van der Waals surface area contributed by atoms with Gasteiger partial charge in [-0.3, -0.25) is 9.59 Å². The molecule has 0 aromatic heterocycles. The molecular formula is C18H21FO3. The molecule has 1 saturated carbocycles. The third kappa shape index (κ3) is 2.16. The van der Waals surface area contributed by atoms with Crippen molar-refractivity contribution < 1.29 is 18.7 Å². The van der Waals surface area contributed by atoms with Gasteiger partial charge in [0.25, 0.3) is 0 Å². The largest absolute Gasteiger partial charge is 0.456 e. The molecule has 22 heavy (non-hydrogen) atoms. The van der Waals surface area contributed by atoms with Crippen molar-refractivity contribution in [1.29, 1.82) is 0 Å². The molecule has 0 unspecified atom stereocenters. The summed E-state index contributed by atoms with van der Waals surface area (Å²) in [5, 5.41) is 0. The molecule has 3 rings (SSSR count). The molecule has 3 nitrogen and oxygen atoms in total. The lowest BCUT2D eigenvalue weighted by atomic mass is 9.59. The van der Waals surface area contributed by atoms with Crippen LogP contribution in [0.15, 0.2) is 24.3 Å². The Bertz CT molecular complexity index is 597. The van der Waals surface area contributed by atoms with Gasteiger partial charge in [0.15, 0.2) is 5.78 Å². The molecule has 0 bridgehead atoms. The lowest BCUT2D eigenvalue weighted by molar-refractivity contribution is -0.192. The molecule has 0 N–H and O–H groups in total. The maximum absolute atomic E-state index is 13.2. The van der Waals surface area contributed by atoms with E-state index in [0.29, 0.717) is 5.56 Å². The van der Waals surface area contributed by atoms with Gasteiger partial charge in [0.1, 0.15) is 17.3 Å². The number of ether oxygens (including phenoxy) is 1. The highest BCUT2D eigenvalue weighted by atomic mass is 19.1. The smallest absolute Gasteiger partial charge is 0.319 e. The second-order valence-electron chi connectivity index (χ2n) is 7.01. The zero-order valence-corrected chi connectivity index (χ0v) is 13.0. The number of esters is 1. The lowest BCUT2D eigenvalue weighted by Gasteiger charge is -2.49. The minimum atomic E-state index is -1.10. The molecule has 2 fully saturated rings. The van der Waals surface area contributed by atoms with Gasteiger partial charge in [-0.2, -0.15) is 0 Å². The number of hydrogen-bond donors (Lipinski definition) is 0. The van der Waals surface area contributed by atoms with Crippen LogP contribution < -0.4 is 0 Å². The molecule has 0 radical (unpaired) electrons. The maximum atomic E-state index is 13.2. The number of carbonyl (C=O) groups excluding carboxylic acids is 2. The molecule has 118 valence electrons. The normalized spacial score (nSPS) is 26.8. The van der Waals surface area contributed by atoms with E-state index in [-0.39, 0.29) is 11.6 Å². The average Bonchev–Trinajstić information content (AvgIpc) is 2.52. The van der Waals surface area contributed by atoms with E-state index in [1.807, 2.05) is 0 Å². The molecule has 1 aliphatic carbocycles. The topological polar surface area (TPSA) is 43.4 Å². The molecule has 2 aliphatic rings. The van der Waals surface area contributed by atoms with Crippen LogP contribution in [0.5, 0.6) is 0 Å². The van der Waals surface area contributed by atoms with E-state index >= 15 is 0 Å². The van der Waals surface area contributed by atoms with E-state index in [0.717, 1.165) is 32.1 Å². The van der Waals surface area contributed by atoms with E-state index in [4.69, 9.17) is 4.74 Å². The summed E-state index contributed by atoms with van der Waals surface area (Å²) in [5.74, 6) is -0.844. The number of ketones is 1. The Morgan fingerprint density at radius 1 is 1.05 bits per heavy atom. The fraction of sp³-hybridized carbons (Fsp3) is 0.556. The second kappa shape index (κ2) is 5.18. The predicted molar refractivity (Wildman–Crippen MR) is 79.5 cm³/mol. The maximum Gasteiger partial charge on any atom is 0.319 e. The van der Waals surface area contributed by atoms with Gasteiger partial charge >= 0.3 is 5.97 Å². The molecule has 1 spiro atoms. The summed E-state index contributed by atoms with van der Waals surface area (Å²) in [4.78, 5) is 25.4. The Morgan fingerprint density at radius 3 is 2.23 bits per heavy atom. The molecule has 0 amide bonds. The van der Waals surface area contributed by atoms with Crippen molar-refractivity contribution in [3.63, 3.8) is 0 Å². The Morgan fingerprint density at radius 2 is 1.64 bits per heavy atom. The fourth-order valence-corrected chi connectivity index (χ4v) is 3.90. The highest BCUT2D eigenvalue weighted by molar-refractivity contribution is 6.08. The van der Waals surface area contributed by atoms with Crippen LogP contribution in [-0.2, 0) is 14.3 Å². The van der Waals surface area contributed by atoms with Gasteiger partial charge in [0, 0.05) is 0 Å². The van der Waals surface area contributed by atoms with Crippen LogP contribution in [0, 0.1) is 16.6 Å². The molecular weight excluding hydrogens is 283 g/mol. The number of halogens is 1. The van der Waals surface area contributed by atoms with Crippen molar-refractivity contribution in [3.8, 4) is 0 Å². The molecule has 1 saturated heterocycles. The first kappa shape index (κ1) is 15.2. The van der Waals surface area contributed by atoms with E-state index < -0.39 is 22.9 Å². The second-order valence-corrected chi connectivity index (χ2v) is 7.01. The van der Waals surface area contributed by atoms with Crippen molar-refractivity contribution in [3.05, 3.63) is 35.6 Å². The first-order valence-electron chi connectivity index (χ1n) is 7.89. The zero-order chi connectivity index (χ0) is 16.0. The number of cyclic esters (lactones) is 1. The van der Waals surface area contributed by atoms with Gasteiger partial charge in [0.2, 0.25) is 0 Å². The van der Waals surface area contributed by atoms with Crippen molar-refractivity contribution >= 4 is 11.8 Å². The summed E-state index contributed by atoms with van der Waals surface area (Å²) < 4.78 is 18.9. The summed E-state index contributed by atoms with van der Waals surface area (Å²) in [5.41, 5.74) is -1.05. The van der Waals surface area contributed by atoms with Gasteiger partial charge in [0.05, 0.1) is 5.41 Å². The quantitative estimate of drug-likeness (QED) is 0.582. The van der Waals surface area contributed by atoms with Crippen molar-refractivity contribution in [2.75, 3.05) is 0 Å². The monoisotopic (exact) mass is 304 g/mol. The van der Waals surface area contributed by atoms with E-state index in [1.54, 1.807) is 26.0 Å². The van der Waals surface area contributed by atoms with Gasteiger partial charge in [-0.05, 0) is 44.4 Å². The highest BCUT2D eigenvalue weighted by Crippen LogP contribution is 2.55. The minimum absolute atomic E-state index is 0.0229. The SMILES string of the molecule is CC1(C)C(=O)O[C@@H](c2ccc(F)cc2)C2(CCCCC2)C1=O. The predicted octanol–water partition coefficient (Wildman–Crippen LogP) is 3.97. The minimum Gasteiger partial charge on any atom is -0.456 e. The standard InChI is InChI=1S/C18H21FO3/c1-17(2)15(20)18(10-4-3-5-11-18)14(22-16(17)21)12-6-8-13(19)9-7-12/h6-9,14H,3-5,10-11H2,1-2H3/t14-/m0/s1. The summed E-state index contributed by atoms with van der Waals surface area (Å²) >= 11 is 0. The Balaban J connectivity index is 2.08. The van der Waals surface area contributed by atoms with Crippen LogP contribution in [-0.4, -0.2) is 11.8 Å². The fourth-order valence-electron chi connectivity index (χ4n) is 3.90. The Labute approximate surface area is 129 Å². The number of hydrogen-bond acceptors (Lipinski definition) is 3. The molecule has 1 aromatic carbocycles. The van der Waals surface area contributed by atoms with E-state index in [9.17, 15) is 14.0 Å². The third-order valence-electron chi connectivity index (χ3n) is 5.18. The van der Waals surface area contributed by atoms with Crippen LogP contribution in [0.4, 0.5) is 4.39 Å². The van der Waals surface area contributed by atoms with Gasteiger partial charge in [-0.15, -0.1) is 0 Å². The molecule has 1 aromatic rings. The summed E-state index contributed by atoms with van der Waals surface area (Å²) in [6.07, 6.45) is 3.87. The number of carbonyl (C=O) groups is 2. The summed E-state index contributed by atoms with van der Waals surface area (Å²) in [6.45, 7) is 3.30. The lowest BCUT2D eigenvalue weighted by Crippen LogP contribution is -2.55. The van der Waals surface area contributed by atoms with Crippen LogP contribution in [0.1, 0.15) is 57.6 Å². The summed E-state index contributed by atoms with van der Waals surface area (Å²) in [7, 11) is 0. The highest BCUT2D eigenvalue weighted by Gasteiger charge is 2.60. The molecule has 1 aliphatic heterocycles. The first-order valence-corrected chi connectivity index (χ1v) is 7.89.